The number of thioether (sulfide) groups is 1. The average molecular weight is 381 g/mol. The first kappa shape index (κ1) is 16.5. The van der Waals surface area contributed by atoms with E-state index in [0.717, 1.165) is 10.6 Å². The molecule has 114 valence electrons. The number of nitrogens with zero attached hydrogens (tertiary/aromatic N) is 1. The Bertz CT molecular complexity index is 680. The van der Waals surface area contributed by atoms with E-state index in [1.807, 2.05) is 30.3 Å². The van der Waals surface area contributed by atoms with Crippen LogP contribution in [-0.2, 0) is 0 Å². The Morgan fingerprint density at radius 1 is 1.23 bits per heavy atom. The third-order valence-corrected chi connectivity index (χ3v) is 4.49. The van der Waals surface area contributed by atoms with E-state index in [1.54, 1.807) is 17.8 Å². The lowest BCUT2D eigenvalue weighted by atomic mass is 10.2. The molecule has 0 unspecified atom stereocenters. The summed E-state index contributed by atoms with van der Waals surface area (Å²) in [7, 11) is 0. The van der Waals surface area contributed by atoms with Gasteiger partial charge in [-0.2, -0.15) is 0 Å². The lowest BCUT2D eigenvalue weighted by Gasteiger charge is -2.06. The molecular formula is C15H13BrN2O3S. The van der Waals surface area contributed by atoms with Gasteiger partial charge in [-0.25, -0.2) is 0 Å². The zero-order valence-electron chi connectivity index (χ0n) is 11.5. The lowest BCUT2D eigenvalue weighted by Crippen LogP contribution is -2.25. The van der Waals surface area contributed by atoms with Crippen LogP contribution in [0.25, 0.3) is 0 Å². The molecule has 2 rings (SSSR count). The van der Waals surface area contributed by atoms with Crippen molar-refractivity contribution in [3.05, 3.63) is 68.7 Å². The Hall–Kier alpha value is -1.86. The fraction of sp³-hybridized carbons (Fsp3) is 0.133. The Kier molecular flexibility index (Phi) is 5.97. The quantitative estimate of drug-likeness (QED) is 0.357. The van der Waals surface area contributed by atoms with Crippen molar-refractivity contribution in [1.82, 2.24) is 5.32 Å². The van der Waals surface area contributed by atoms with E-state index in [9.17, 15) is 14.9 Å². The van der Waals surface area contributed by atoms with Gasteiger partial charge in [0.1, 0.15) is 0 Å². The number of nitro groups is 1. The van der Waals surface area contributed by atoms with Crippen LogP contribution in [0.1, 0.15) is 10.4 Å². The Morgan fingerprint density at radius 3 is 2.64 bits per heavy atom. The number of carbonyl (C=O) groups is 1. The molecule has 0 saturated heterocycles. The number of hydrogen-bond acceptors (Lipinski definition) is 4. The smallest absolute Gasteiger partial charge is 0.284 e. The molecule has 0 radical (unpaired) electrons. The molecule has 1 amide bonds. The van der Waals surface area contributed by atoms with Crippen LogP contribution in [-0.4, -0.2) is 23.1 Å². The van der Waals surface area contributed by atoms with Gasteiger partial charge in [-0.05, 0) is 40.2 Å². The van der Waals surface area contributed by atoms with Crippen LogP contribution < -0.4 is 5.32 Å². The van der Waals surface area contributed by atoms with E-state index in [4.69, 9.17) is 0 Å². The molecular weight excluding hydrogens is 368 g/mol. The van der Waals surface area contributed by atoms with Crippen LogP contribution >= 0.6 is 27.7 Å². The van der Waals surface area contributed by atoms with Gasteiger partial charge in [0.2, 0.25) is 0 Å². The summed E-state index contributed by atoms with van der Waals surface area (Å²) < 4.78 is 0.355. The highest BCUT2D eigenvalue weighted by Crippen LogP contribution is 2.25. The van der Waals surface area contributed by atoms with Crippen molar-refractivity contribution in [2.24, 2.45) is 0 Å². The van der Waals surface area contributed by atoms with Gasteiger partial charge in [0.25, 0.3) is 11.6 Å². The first-order chi connectivity index (χ1) is 10.6. The largest absolute Gasteiger partial charge is 0.351 e. The monoisotopic (exact) mass is 380 g/mol. The van der Waals surface area contributed by atoms with Crippen molar-refractivity contribution in [3.63, 3.8) is 0 Å². The summed E-state index contributed by atoms with van der Waals surface area (Å²) in [6.07, 6.45) is 0. The fourth-order valence-electron chi connectivity index (χ4n) is 1.75. The number of benzene rings is 2. The number of nitro benzene ring substituents is 1. The molecule has 0 spiro atoms. The summed E-state index contributed by atoms with van der Waals surface area (Å²) in [6, 6.07) is 14.2. The number of amides is 1. The summed E-state index contributed by atoms with van der Waals surface area (Å²) in [5.74, 6) is 0.415. The van der Waals surface area contributed by atoms with E-state index in [-0.39, 0.29) is 17.2 Å². The highest BCUT2D eigenvalue weighted by molar-refractivity contribution is 9.10. The molecule has 0 aliphatic heterocycles. The molecule has 7 heteroatoms. The van der Waals surface area contributed by atoms with Crippen LogP contribution in [0.3, 0.4) is 0 Å². The van der Waals surface area contributed by atoms with Crippen molar-refractivity contribution in [2.45, 2.75) is 4.90 Å². The standard InChI is InChI=1S/C15H13BrN2O3S/c16-13-7-6-11(10-14(13)18(20)21)15(19)17-8-9-22-12-4-2-1-3-5-12/h1-7,10H,8-9H2,(H,17,19). The van der Waals surface area contributed by atoms with Gasteiger partial charge >= 0.3 is 0 Å². The topological polar surface area (TPSA) is 72.2 Å². The van der Waals surface area contributed by atoms with Crippen LogP contribution in [0.4, 0.5) is 5.69 Å². The number of nitrogens with one attached hydrogen (secondary N) is 1. The van der Waals surface area contributed by atoms with Gasteiger partial charge < -0.3 is 5.32 Å². The van der Waals surface area contributed by atoms with Crippen molar-refractivity contribution in [2.75, 3.05) is 12.3 Å². The van der Waals surface area contributed by atoms with Crippen molar-refractivity contribution in [3.8, 4) is 0 Å². The predicted octanol–water partition coefficient (Wildman–Crippen LogP) is 3.88. The van der Waals surface area contributed by atoms with E-state index in [2.05, 4.69) is 21.2 Å². The molecule has 0 aliphatic carbocycles. The molecule has 0 aliphatic rings. The second-order valence-corrected chi connectivity index (χ2v) is 6.36. The maximum atomic E-state index is 12.0. The van der Waals surface area contributed by atoms with E-state index in [1.165, 1.54) is 12.1 Å². The fourth-order valence-corrected chi connectivity index (χ4v) is 2.93. The minimum absolute atomic E-state index is 0.119. The first-order valence-electron chi connectivity index (χ1n) is 6.48. The summed E-state index contributed by atoms with van der Waals surface area (Å²) in [6.45, 7) is 0.488. The molecule has 0 bridgehead atoms. The van der Waals surface area contributed by atoms with E-state index in [0.29, 0.717) is 11.0 Å². The number of halogens is 1. The van der Waals surface area contributed by atoms with Gasteiger partial charge in [-0.3, -0.25) is 14.9 Å². The normalized spacial score (nSPS) is 10.2. The van der Waals surface area contributed by atoms with Gasteiger partial charge in [-0.1, -0.05) is 18.2 Å². The zero-order valence-corrected chi connectivity index (χ0v) is 13.9. The third kappa shape index (κ3) is 4.57. The number of rotatable bonds is 6. The zero-order chi connectivity index (χ0) is 15.9. The molecule has 1 N–H and O–H groups in total. The molecule has 22 heavy (non-hydrogen) atoms. The van der Waals surface area contributed by atoms with Crippen LogP contribution in [0, 0.1) is 10.1 Å². The molecule has 2 aromatic carbocycles. The highest BCUT2D eigenvalue weighted by Gasteiger charge is 2.15. The summed E-state index contributed by atoms with van der Waals surface area (Å²) >= 11 is 4.73. The molecule has 2 aromatic rings. The van der Waals surface area contributed by atoms with Gasteiger partial charge in [0.15, 0.2) is 0 Å². The van der Waals surface area contributed by atoms with Crippen molar-refractivity contribution >= 4 is 39.3 Å². The molecule has 0 saturated carbocycles. The average Bonchev–Trinajstić information content (AvgIpc) is 2.52. The summed E-state index contributed by atoms with van der Waals surface area (Å²) in [5, 5.41) is 13.6. The maximum Gasteiger partial charge on any atom is 0.284 e. The third-order valence-electron chi connectivity index (χ3n) is 2.80. The Balaban J connectivity index is 1.87. The van der Waals surface area contributed by atoms with Crippen molar-refractivity contribution in [1.29, 1.82) is 0 Å². The number of carbonyl (C=O) groups excluding carboxylic acids is 1. The minimum atomic E-state index is -0.522. The molecule has 0 heterocycles. The highest BCUT2D eigenvalue weighted by atomic mass is 79.9. The molecule has 0 aromatic heterocycles. The molecule has 0 atom stereocenters. The van der Waals surface area contributed by atoms with Crippen molar-refractivity contribution < 1.29 is 9.72 Å². The summed E-state index contributed by atoms with van der Waals surface area (Å²) in [5.41, 5.74) is 0.158. The van der Waals surface area contributed by atoms with Crippen LogP contribution in [0.15, 0.2) is 57.9 Å². The van der Waals surface area contributed by atoms with Crippen LogP contribution in [0.5, 0.6) is 0 Å². The second-order valence-electron chi connectivity index (χ2n) is 4.34. The van der Waals surface area contributed by atoms with Gasteiger partial charge in [-0.15, -0.1) is 11.8 Å². The van der Waals surface area contributed by atoms with Gasteiger partial charge in [0.05, 0.1) is 9.40 Å². The van der Waals surface area contributed by atoms with Gasteiger partial charge in [0, 0.05) is 28.8 Å². The SMILES string of the molecule is O=C(NCCSc1ccccc1)c1ccc(Br)c([N+](=O)[O-])c1. The van der Waals surface area contributed by atoms with Crippen LogP contribution in [0.2, 0.25) is 0 Å². The Labute approximate surface area is 140 Å². The Morgan fingerprint density at radius 2 is 1.95 bits per heavy atom. The van der Waals surface area contributed by atoms with E-state index >= 15 is 0 Å². The van der Waals surface area contributed by atoms with E-state index < -0.39 is 4.92 Å². The second kappa shape index (κ2) is 7.95. The predicted molar refractivity (Wildman–Crippen MR) is 90.3 cm³/mol. The first-order valence-corrected chi connectivity index (χ1v) is 8.26. The molecule has 0 fully saturated rings. The minimum Gasteiger partial charge on any atom is -0.351 e. The lowest BCUT2D eigenvalue weighted by molar-refractivity contribution is -0.385. The maximum absolute atomic E-state index is 12.0. The summed E-state index contributed by atoms with van der Waals surface area (Å²) in [4.78, 5) is 23.5. The number of hydrogen-bond donors (Lipinski definition) is 1. The molecule has 5 nitrogen and oxygen atoms in total.